The van der Waals surface area contributed by atoms with Gasteiger partial charge >= 0.3 is 0 Å². The van der Waals surface area contributed by atoms with E-state index in [1.807, 2.05) is 32.0 Å². The number of amides is 2. The molecule has 2 amide bonds. The van der Waals surface area contributed by atoms with Gasteiger partial charge in [0.1, 0.15) is 11.9 Å². The number of carbonyl (C=O) groups is 2. The Kier molecular flexibility index (Phi) is 5.98. The predicted molar refractivity (Wildman–Crippen MR) is 87.7 cm³/mol. The molecular weight excluding hydrogens is 296 g/mol. The average Bonchev–Trinajstić information content (AvgIpc) is 2.52. The Morgan fingerprint density at radius 3 is 2.91 bits per heavy atom. The predicted octanol–water partition coefficient (Wildman–Crippen LogP) is 1.65. The number of anilines is 1. The second-order valence-electron chi connectivity index (χ2n) is 5.75. The molecule has 0 aliphatic carbocycles. The summed E-state index contributed by atoms with van der Waals surface area (Å²) in [6.45, 7) is 5.33. The molecular formula is C17H24N2O4. The summed E-state index contributed by atoms with van der Waals surface area (Å²) >= 11 is 0. The van der Waals surface area contributed by atoms with Gasteiger partial charge in [-0.25, -0.2) is 0 Å². The molecule has 0 bridgehead atoms. The number of nitrogens with zero attached hydrogens (tertiary/aromatic N) is 1. The lowest BCUT2D eigenvalue weighted by Crippen LogP contribution is -2.42. The molecule has 1 heterocycles. The van der Waals surface area contributed by atoms with Crippen molar-refractivity contribution in [3.63, 3.8) is 0 Å². The summed E-state index contributed by atoms with van der Waals surface area (Å²) in [7, 11) is 1.58. The van der Waals surface area contributed by atoms with Crippen molar-refractivity contribution in [2.45, 2.75) is 32.8 Å². The zero-order chi connectivity index (χ0) is 16.8. The van der Waals surface area contributed by atoms with E-state index in [9.17, 15) is 9.59 Å². The number of aryl methyl sites for hydroxylation is 1. The largest absolute Gasteiger partial charge is 0.487 e. The van der Waals surface area contributed by atoms with Crippen LogP contribution in [0.3, 0.4) is 0 Å². The smallest absolute Gasteiger partial charge is 0.227 e. The van der Waals surface area contributed by atoms with Crippen LogP contribution in [0.15, 0.2) is 18.2 Å². The van der Waals surface area contributed by atoms with Gasteiger partial charge in [-0.1, -0.05) is 6.07 Å². The third-order valence-corrected chi connectivity index (χ3v) is 3.67. The number of rotatable bonds is 6. The van der Waals surface area contributed by atoms with Crippen molar-refractivity contribution >= 4 is 17.5 Å². The van der Waals surface area contributed by atoms with E-state index in [0.29, 0.717) is 25.4 Å². The Hall–Kier alpha value is -2.08. The van der Waals surface area contributed by atoms with Gasteiger partial charge in [-0.15, -0.1) is 0 Å². The van der Waals surface area contributed by atoms with Crippen molar-refractivity contribution in [1.29, 1.82) is 0 Å². The first kappa shape index (κ1) is 17.3. The fourth-order valence-electron chi connectivity index (χ4n) is 2.52. The molecule has 1 N–H and O–H groups in total. The molecule has 1 unspecified atom stereocenters. The number of carbonyl (C=O) groups excluding carboxylic acids is 2. The highest BCUT2D eigenvalue weighted by Gasteiger charge is 2.27. The maximum absolute atomic E-state index is 12.5. The van der Waals surface area contributed by atoms with Gasteiger partial charge in [0.05, 0.1) is 18.8 Å². The zero-order valence-electron chi connectivity index (χ0n) is 13.9. The van der Waals surface area contributed by atoms with Gasteiger partial charge in [0.2, 0.25) is 11.8 Å². The third kappa shape index (κ3) is 4.69. The van der Waals surface area contributed by atoms with Crippen LogP contribution in [0.5, 0.6) is 5.75 Å². The van der Waals surface area contributed by atoms with Crippen molar-refractivity contribution in [1.82, 2.24) is 5.32 Å². The highest BCUT2D eigenvalue weighted by atomic mass is 16.5. The van der Waals surface area contributed by atoms with Crippen LogP contribution in [-0.4, -0.2) is 44.7 Å². The molecule has 0 saturated carbocycles. The van der Waals surface area contributed by atoms with Crippen LogP contribution in [0.4, 0.5) is 5.69 Å². The van der Waals surface area contributed by atoms with Gasteiger partial charge in [-0.3, -0.25) is 9.59 Å². The molecule has 0 radical (unpaired) electrons. The van der Waals surface area contributed by atoms with E-state index in [-0.39, 0.29) is 30.8 Å². The highest BCUT2D eigenvalue weighted by Crippen LogP contribution is 2.34. The first-order valence-electron chi connectivity index (χ1n) is 7.84. The summed E-state index contributed by atoms with van der Waals surface area (Å²) in [5, 5.41) is 2.72. The number of nitrogens with one attached hydrogen (secondary N) is 1. The second-order valence-corrected chi connectivity index (χ2v) is 5.75. The molecule has 126 valence electrons. The minimum absolute atomic E-state index is 0.0612. The first-order chi connectivity index (χ1) is 11.0. The first-order valence-corrected chi connectivity index (χ1v) is 7.84. The summed E-state index contributed by atoms with van der Waals surface area (Å²) in [5.74, 6) is 0.516. The van der Waals surface area contributed by atoms with Crippen LogP contribution in [0.2, 0.25) is 0 Å². The van der Waals surface area contributed by atoms with E-state index in [0.717, 1.165) is 11.3 Å². The van der Waals surface area contributed by atoms with Gasteiger partial charge in [0, 0.05) is 26.5 Å². The Labute approximate surface area is 136 Å². The van der Waals surface area contributed by atoms with Crippen molar-refractivity contribution in [3.8, 4) is 5.75 Å². The number of benzene rings is 1. The fourth-order valence-corrected chi connectivity index (χ4v) is 2.52. The number of hydrogen-bond acceptors (Lipinski definition) is 4. The quantitative estimate of drug-likeness (QED) is 0.809. The Morgan fingerprint density at radius 2 is 2.17 bits per heavy atom. The number of methoxy groups -OCH3 is 1. The molecule has 1 aromatic rings. The molecule has 1 aromatic carbocycles. The second kappa shape index (κ2) is 7.97. The highest BCUT2D eigenvalue weighted by molar-refractivity contribution is 5.97. The van der Waals surface area contributed by atoms with Gasteiger partial charge in [0.25, 0.3) is 0 Å². The minimum Gasteiger partial charge on any atom is -0.487 e. The molecule has 1 aliphatic heterocycles. The van der Waals surface area contributed by atoms with Crippen LogP contribution in [0.1, 0.15) is 25.3 Å². The fraction of sp³-hybridized carbons (Fsp3) is 0.529. The van der Waals surface area contributed by atoms with Crippen LogP contribution in [0.25, 0.3) is 0 Å². The zero-order valence-corrected chi connectivity index (χ0v) is 13.9. The van der Waals surface area contributed by atoms with E-state index in [2.05, 4.69) is 5.32 Å². The van der Waals surface area contributed by atoms with E-state index >= 15 is 0 Å². The summed E-state index contributed by atoms with van der Waals surface area (Å²) < 4.78 is 10.6. The minimum atomic E-state index is -0.138. The van der Waals surface area contributed by atoms with E-state index in [1.165, 1.54) is 0 Å². The van der Waals surface area contributed by atoms with Crippen molar-refractivity contribution in [2.24, 2.45) is 0 Å². The lowest BCUT2D eigenvalue weighted by molar-refractivity contribution is -0.125. The summed E-state index contributed by atoms with van der Waals surface area (Å²) in [6, 6.07) is 5.79. The summed E-state index contributed by atoms with van der Waals surface area (Å²) in [5.41, 5.74) is 1.85. The molecule has 6 heteroatoms. The van der Waals surface area contributed by atoms with Crippen molar-refractivity contribution in [2.75, 3.05) is 31.7 Å². The van der Waals surface area contributed by atoms with Crippen molar-refractivity contribution < 1.29 is 19.1 Å². The van der Waals surface area contributed by atoms with E-state index < -0.39 is 0 Å². The van der Waals surface area contributed by atoms with Gasteiger partial charge in [0.15, 0.2) is 0 Å². The monoisotopic (exact) mass is 320 g/mol. The molecule has 23 heavy (non-hydrogen) atoms. The Balaban J connectivity index is 1.97. The summed E-state index contributed by atoms with van der Waals surface area (Å²) in [6.07, 6.45) is 0.290. The maximum atomic E-state index is 12.5. The maximum Gasteiger partial charge on any atom is 0.227 e. The number of fused-ring (bicyclic) bond motifs is 1. The molecule has 6 nitrogen and oxygen atoms in total. The van der Waals surface area contributed by atoms with Gasteiger partial charge < -0.3 is 19.7 Å². The topological polar surface area (TPSA) is 67.9 Å². The Morgan fingerprint density at radius 1 is 1.39 bits per heavy atom. The summed E-state index contributed by atoms with van der Waals surface area (Å²) in [4.78, 5) is 25.9. The molecule has 1 atom stereocenters. The third-order valence-electron chi connectivity index (χ3n) is 3.67. The van der Waals surface area contributed by atoms with Crippen LogP contribution in [-0.2, 0) is 14.3 Å². The molecule has 0 spiro atoms. The molecule has 0 saturated heterocycles. The van der Waals surface area contributed by atoms with Gasteiger partial charge in [-0.05, 0) is 31.5 Å². The normalized spacial score (nSPS) is 16.5. The molecule has 0 fully saturated rings. The van der Waals surface area contributed by atoms with E-state index in [1.54, 1.807) is 12.0 Å². The van der Waals surface area contributed by atoms with Gasteiger partial charge in [-0.2, -0.15) is 0 Å². The van der Waals surface area contributed by atoms with Crippen molar-refractivity contribution in [3.05, 3.63) is 23.8 Å². The lowest BCUT2D eigenvalue weighted by atomic mass is 10.1. The number of ether oxygens (including phenoxy) is 2. The number of hydrogen-bond donors (Lipinski definition) is 1. The van der Waals surface area contributed by atoms with E-state index in [4.69, 9.17) is 9.47 Å². The molecule has 0 aromatic heterocycles. The van der Waals surface area contributed by atoms with Crippen LogP contribution >= 0.6 is 0 Å². The van der Waals surface area contributed by atoms with Crippen LogP contribution in [0, 0.1) is 6.92 Å². The molecule has 1 aliphatic rings. The standard InChI is InChI=1S/C17H24N2O4/c1-12-4-5-15-14(10-12)19(11-13(2)23-15)17(21)7-6-16(20)18-8-9-22-3/h4-5,10,13H,6-9,11H2,1-3H3,(H,18,20). The Bertz CT molecular complexity index is 574. The average molecular weight is 320 g/mol. The molecule has 2 rings (SSSR count). The van der Waals surface area contributed by atoms with Crippen LogP contribution < -0.4 is 15.0 Å². The lowest BCUT2D eigenvalue weighted by Gasteiger charge is -2.33. The SMILES string of the molecule is COCCNC(=O)CCC(=O)N1CC(C)Oc2ccc(C)cc21.